The van der Waals surface area contributed by atoms with E-state index in [1.165, 1.54) is 11.9 Å². The number of quaternary nitrogens is 1. The van der Waals surface area contributed by atoms with Crippen molar-refractivity contribution < 1.29 is 19.5 Å². The van der Waals surface area contributed by atoms with E-state index in [2.05, 4.69) is 0 Å². The van der Waals surface area contributed by atoms with Gasteiger partial charge in [-0.3, -0.25) is 4.90 Å². The molecular formula is C22H29N2O4+. The highest BCUT2D eigenvalue weighted by Crippen LogP contribution is 2.33. The second kappa shape index (κ2) is 8.89. The molecule has 2 aromatic rings. The minimum Gasteiger partial charge on any atom is -0.432 e. The third-order valence-corrected chi connectivity index (χ3v) is 4.63. The fourth-order valence-corrected chi connectivity index (χ4v) is 3.11. The molecule has 2 amide bonds. The fraction of sp³-hybridized carbons (Fsp3) is 0.364. The molecule has 150 valence electrons. The molecule has 1 atom stereocenters. The molecule has 0 aliphatic carbocycles. The molecule has 0 radical (unpaired) electrons. The third-order valence-electron chi connectivity index (χ3n) is 4.63. The summed E-state index contributed by atoms with van der Waals surface area (Å²) in [5, 5.41) is 9.94. The largest absolute Gasteiger partial charge is 0.562 e. The summed E-state index contributed by atoms with van der Waals surface area (Å²) in [5.74, 6) is 0.0789. The zero-order chi connectivity index (χ0) is 20.9. The van der Waals surface area contributed by atoms with Gasteiger partial charge in [-0.25, -0.2) is 9.63 Å². The second-order valence-corrected chi connectivity index (χ2v) is 7.27. The van der Waals surface area contributed by atoms with Gasteiger partial charge in [-0.05, 0) is 41.6 Å². The molecule has 0 spiro atoms. The van der Waals surface area contributed by atoms with Crippen molar-refractivity contribution in [3.63, 3.8) is 0 Å². The lowest BCUT2D eigenvalue weighted by molar-refractivity contribution is -0.0461. The number of aryl methyl sites for hydroxylation is 1. The summed E-state index contributed by atoms with van der Waals surface area (Å²) in [7, 11) is 1.38. The highest BCUT2D eigenvalue weighted by Gasteiger charge is 2.44. The van der Waals surface area contributed by atoms with Crippen LogP contribution in [0.5, 0.6) is 0 Å². The lowest BCUT2D eigenvalue weighted by Crippen LogP contribution is -2.54. The Kier molecular flexibility index (Phi) is 6.80. The summed E-state index contributed by atoms with van der Waals surface area (Å²) in [6.07, 6.45) is -1.25. The monoisotopic (exact) mass is 385 g/mol. The van der Waals surface area contributed by atoms with Gasteiger partial charge in [0.15, 0.2) is 5.69 Å². The second-order valence-electron chi connectivity index (χ2n) is 7.27. The quantitative estimate of drug-likeness (QED) is 0.529. The van der Waals surface area contributed by atoms with Crippen molar-refractivity contribution in [2.75, 3.05) is 18.5 Å². The van der Waals surface area contributed by atoms with Gasteiger partial charge < -0.3 is 5.11 Å². The number of hydrogen-bond acceptors (Lipinski definition) is 3. The average Bonchev–Trinajstić information content (AvgIpc) is 2.65. The van der Waals surface area contributed by atoms with Crippen LogP contribution in [-0.2, 0) is 4.84 Å². The first-order valence-electron chi connectivity index (χ1n) is 9.48. The number of hydroxylamine groups is 2. The highest BCUT2D eigenvalue weighted by atomic mass is 16.8. The van der Waals surface area contributed by atoms with Gasteiger partial charge in [-0.2, -0.15) is 4.79 Å². The van der Waals surface area contributed by atoms with Gasteiger partial charge >= 0.3 is 12.2 Å². The molecule has 0 bridgehead atoms. The molecule has 1 unspecified atom stereocenters. The Bertz CT molecular complexity index is 850. The molecule has 2 aromatic carbocycles. The molecule has 0 aromatic heterocycles. The first-order valence-corrected chi connectivity index (χ1v) is 9.48. The van der Waals surface area contributed by atoms with E-state index in [0.717, 1.165) is 11.1 Å². The first-order chi connectivity index (χ1) is 13.2. The van der Waals surface area contributed by atoms with Crippen LogP contribution in [-0.4, -0.2) is 30.9 Å². The van der Waals surface area contributed by atoms with E-state index in [1.54, 1.807) is 12.1 Å². The number of para-hydroxylation sites is 1. The van der Waals surface area contributed by atoms with E-state index < -0.39 is 16.8 Å². The van der Waals surface area contributed by atoms with Gasteiger partial charge in [0.25, 0.3) is 0 Å². The predicted molar refractivity (Wildman–Crippen MR) is 112 cm³/mol. The summed E-state index contributed by atoms with van der Waals surface area (Å²) in [6.45, 7) is 8.27. The number of benzene rings is 2. The average molecular weight is 385 g/mol. The van der Waals surface area contributed by atoms with Gasteiger partial charge in [0.2, 0.25) is 0 Å². The maximum absolute atomic E-state index is 13.0. The number of carbonyl (C=O) groups excluding carboxylic acids is 1. The van der Waals surface area contributed by atoms with Crippen LogP contribution < -0.4 is 9.55 Å². The van der Waals surface area contributed by atoms with Crippen LogP contribution in [0.25, 0.3) is 0 Å². The van der Waals surface area contributed by atoms with Crippen LogP contribution in [0.1, 0.15) is 44.2 Å². The van der Waals surface area contributed by atoms with Gasteiger partial charge in [0, 0.05) is 23.9 Å². The molecule has 6 nitrogen and oxygen atoms in total. The number of amides is 2. The Hall–Kier alpha value is -2.86. The molecular weight excluding hydrogens is 356 g/mol. The maximum Gasteiger partial charge on any atom is 0.562 e. The number of carbonyl (C=O) groups is 2. The van der Waals surface area contributed by atoms with Crippen molar-refractivity contribution in [1.29, 1.82) is 0 Å². The van der Waals surface area contributed by atoms with E-state index in [4.69, 9.17) is 4.84 Å². The van der Waals surface area contributed by atoms with E-state index in [1.807, 2.05) is 64.1 Å². The summed E-state index contributed by atoms with van der Waals surface area (Å²) < 4.78 is -0.973. The molecule has 0 aliphatic heterocycles. The Balaban J connectivity index is 2.45. The summed E-state index contributed by atoms with van der Waals surface area (Å²) in [4.78, 5) is 32.3. The van der Waals surface area contributed by atoms with Crippen LogP contribution in [0.15, 0.2) is 48.5 Å². The summed E-state index contributed by atoms with van der Waals surface area (Å²) in [5.41, 5.74) is 2.94. The molecule has 0 fully saturated rings. The molecule has 0 aliphatic rings. The predicted octanol–water partition coefficient (Wildman–Crippen LogP) is 5.70. The van der Waals surface area contributed by atoms with Crippen LogP contribution in [0.4, 0.5) is 21.0 Å². The van der Waals surface area contributed by atoms with Crippen LogP contribution >= 0.6 is 0 Å². The Labute approximate surface area is 166 Å². The minimum absolute atomic E-state index is 0.0789. The number of anilines is 1. The lowest BCUT2D eigenvalue weighted by atomic mass is 10.0. The van der Waals surface area contributed by atoms with Crippen LogP contribution in [0.3, 0.4) is 0 Å². The van der Waals surface area contributed by atoms with Crippen molar-refractivity contribution in [1.82, 2.24) is 4.65 Å². The topological polar surface area (TPSA) is 66.8 Å². The number of carboxylic acid groups (broad SMARTS) is 1. The number of nitrogens with zero attached hydrogens (tertiary/aromatic N) is 2. The Morgan fingerprint density at radius 2 is 1.82 bits per heavy atom. The first kappa shape index (κ1) is 21.4. The molecule has 0 saturated carbocycles. The van der Waals surface area contributed by atoms with E-state index in [-0.39, 0.29) is 5.92 Å². The van der Waals surface area contributed by atoms with E-state index >= 15 is 0 Å². The Morgan fingerprint density at radius 1 is 1.14 bits per heavy atom. The summed E-state index contributed by atoms with van der Waals surface area (Å²) >= 11 is 0. The van der Waals surface area contributed by atoms with Gasteiger partial charge in [-0.1, -0.05) is 51.1 Å². The van der Waals surface area contributed by atoms with Crippen LogP contribution in [0, 0.1) is 6.92 Å². The molecule has 28 heavy (non-hydrogen) atoms. The highest BCUT2D eigenvalue weighted by molar-refractivity contribution is 5.90. The summed E-state index contributed by atoms with van der Waals surface area (Å²) in [6, 6.07) is 14.6. The van der Waals surface area contributed by atoms with Crippen LogP contribution in [0.2, 0.25) is 0 Å². The smallest absolute Gasteiger partial charge is 0.432 e. The molecule has 0 heterocycles. The molecule has 1 N–H and O–H groups in total. The van der Waals surface area contributed by atoms with Gasteiger partial charge in [-0.15, -0.1) is 0 Å². The Morgan fingerprint density at radius 3 is 2.39 bits per heavy atom. The van der Waals surface area contributed by atoms with Crippen molar-refractivity contribution in [2.24, 2.45) is 0 Å². The molecule has 0 saturated heterocycles. The molecule has 2 rings (SSSR count). The molecule has 6 heteroatoms. The number of rotatable bonds is 5. The van der Waals surface area contributed by atoms with Gasteiger partial charge in [0.1, 0.15) is 7.05 Å². The standard InChI is InChI=1S/C22H28N2O4/c1-6-14-23(18-11-9-10-17(4)15-18)21(25)28-24(5,22(26)27)20-13-8-7-12-19(20)16(2)3/h7-13,15-16H,6,14H2,1-5H3/p+1. The van der Waals surface area contributed by atoms with Crippen molar-refractivity contribution in [2.45, 2.75) is 40.0 Å². The van der Waals surface area contributed by atoms with Gasteiger partial charge in [0.05, 0.1) is 0 Å². The maximum atomic E-state index is 13.0. The normalized spacial score (nSPS) is 13.1. The third kappa shape index (κ3) is 4.51. The fourth-order valence-electron chi connectivity index (χ4n) is 3.11. The van der Waals surface area contributed by atoms with Crippen molar-refractivity contribution >= 4 is 23.6 Å². The SMILES string of the molecule is CCCN(C(=O)O[N+](C)(C(=O)O)c1ccccc1C(C)C)c1cccc(C)c1. The van der Waals surface area contributed by atoms with E-state index in [0.29, 0.717) is 24.3 Å². The van der Waals surface area contributed by atoms with E-state index in [9.17, 15) is 14.7 Å². The number of hydrogen-bond donors (Lipinski definition) is 1. The van der Waals surface area contributed by atoms with Crippen molar-refractivity contribution in [3.8, 4) is 0 Å². The lowest BCUT2D eigenvalue weighted by Gasteiger charge is -2.29. The minimum atomic E-state index is -1.26. The zero-order valence-electron chi connectivity index (χ0n) is 17.2. The zero-order valence-corrected chi connectivity index (χ0v) is 17.2. The van der Waals surface area contributed by atoms with Crippen molar-refractivity contribution in [3.05, 3.63) is 59.7 Å².